The fourth-order valence-electron chi connectivity index (χ4n) is 5.08. The molecule has 0 unspecified atom stereocenters. The number of benzene rings is 3. The van der Waals surface area contributed by atoms with Crippen molar-refractivity contribution in [1.82, 2.24) is 14.0 Å². The van der Waals surface area contributed by atoms with Crippen molar-refractivity contribution in [2.45, 2.75) is 97.8 Å². The fourth-order valence-corrected chi connectivity index (χ4v) is 8.33. The molecule has 1 fully saturated rings. The molecular weight excluding hydrogens is 601 g/mol. The minimum atomic E-state index is -1.81. The molecule has 0 saturated heterocycles. The van der Waals surface area contributed by atoms with Crippen LogP contribution in [-0.4, -0.2) is 55.9 Å². The summed E-state index contributed by atoms with van der Waals surface area (Å²) in [5, 5.41) is 16.4. The fraction of sp³-hybridized carbons (Fsp3) is 0.417. The van der Waals surface area contributed by atoms with E-state index in [2.05, 4.69) is 164 Å². The summed E-state index contributed by atoms with van der Waals surface area (Å²) < 4.78 is 7.16. The largest absolute Gasteiger partial charge is 0.320 e. The molecule has 0 heterocycles. The summed E-state index contributed by atoms with van der Waals surface area (Å²) in [6, 6.07) is 32.2. The second-order valence-corrected chi connectivity index (χ2v) is 29.7. The lowest BCUT2D eigenvalue weighted by Gasteiger charge is -2.36. The Morgan fingerprint density at radius 1 is 0.444 bits per heavy atom. The Morgan fingerprint density at radius 3 is 1.13 bits per heavy atom. The van der Waals surface area contributed by atoms with Crippen LogP contribution in [0.25, 0.3) is 0 Å². The predicted molar refractivity (Wildman–Crippen MR) is 202 cm³/mol. The molecule has 1 aliphatic rings. The van der Waals surface area contributed by atoms with Gasteiger partial charge in [-0.2, -0.15) is 15.3 Å². The molecule has 0 amide bonds. The zero-order chi connectivity index (χ0) is 32.7. The first-order valence-corrected chi connectivity index (χ1v) is 26.7. The van der Waals surface area contributed by atoms with Crippen LogP contribution in [0.1, 0.15) is 36.0 Å². The van der Waals surface area contributed by atoms with Crippen LogP contribution < -0.4 is 0 Å². The van der Waals surface area contributed by atoms with Gasteiger partial charge in [0.25, 0.3) is 0 Å². The molecule has 0 aromatic heterocycles. The molecule has 3 aromatic carbocycles. The van der Waals surface area contributed by atoms with E-state index in [-0.39, 0.29) is 0 Å². The van der Waals surface area contributed by atoms with Crippen molar-refractivity contribution < 1.29 is 0 Å². The summed E-state index contributed by atoms with van der Waals surface area (Å²) in [7, 11) is -5.32. The predicted octanol–water partition coefficient (Wildman–Crippen LogP) is 9.25. The van der Waals surface area contributed by atoms with E-state index in [0.717, 1.165) is 50.3 Å². The maximum absolute atomic E-state index is 5.51. The van der Waals surface area contributed by atoms with Gasteiger partial charge in [0, 0.05) is 12.1 Å². The Labute approximate surface area is 275 Å². The maximum atomic E-state index is 5.51. The van der Waals surface area contributed by atoms with Gasteiger partial charge < -0.3 is 14.0 Å². The van der Waals surface area contributed by atoms with Gasteiger partial charge in [-0.1, -0.05) is 150 Å². The lowest BCUT2D eigenvalue weighted by Crippen LogP contribution is -2.46. The van der Waals surface area contributed by atoms with Gasteiger partial charge in [-0.05, 0) is 29.5 Å². The molecule has 6 nitrogen and oxygen atoms in total. The van der Waals surface area contributed by atoms with Crippen LogP contribution in [0.15, 0.2) is 106 Å². The third-order valence-electron chi connectivity index (χ3n) is 7.95. The lowest BCUT2D eigenvalue weighted by atomic mass is 9.94. The molecule has 4 rings (SSSR count). The molecule has 45 heavy (non-hydrogen) atoms. The molecular formula is C36H54N6Si3. The number of nitrogens with zero attached hydrogens (tertiary/aromatic N) is 6. The Bertz CT molecular complexity index is 1450. The van der Waals surface area contributed by atoms with Gasteiger partial charge in [0.15, 0.2) is 24.7 Å². The molecule has 1 aliphatic carbocycles. The highest BCUT2D eigenvalue weighted by Crippen LogP contribution is 2.24. The summed E-state index contributed by atoms with van der Waals surface area (Å²) in [5.41, 5.74) is 7.28. The van der Waals surface area contributed by atoms with Gasteiger partial charge in [0.2, 0.25) is 0 Å². The second-order valence-electron chi connectivity index (χ2n) is 15.1. The lowest BCUT2D eigenvalue weighted by molar-refractivity contribution is 0.435. The summed E-state index contributed by atoms with van der Waals surface area (Å²) in [6.07, 6.45) is 2.49. The maximum Gasteiger partial charge on any atom is 0.169 e. The van der Waals surface area contributed by atoms with E-state index in [1.807, 2.05) is 0 Å². The Balaban J connectivity index is 1.75. The molecule has 0 spiro atoms. The van der Waals surface area contributed by atoms with E-state index in [1.165, 1.54) is 22.4 Å². The normalized spacial score (nSPS) is 17.1. The first kappa shape index (κ1) is 34.6. The van der Waals surface area contributed by atoms with E-state index in [1.54, 1.807) is 0 Å². The average molecular weight is 655 g/mol. The molecule has 240 valence electrons. The van der Waals surface area contributed by atoms with E-state index >= 15 is 0 Å². The number of rotatable bonds is 12. The van der Waals surface area contributed by atoms with Gasteiger partial charge >= 0.3 is 0 Å². The van der Waals surface area contributed by atoms with Crippen LogP contribution in [0.3, 0.4) is 0 Å². The zero-order valence-electron chi connectivity index (χ0n) is 29.1. The minimum Gasteiger partial charge on any atom is -0.320 e. The van der Waals surface area contributed by atoms with Gasteiger partial charge in [0.1, 0.15) is 0 Å². The standard InChI is InChI=1S/C36H54N6Si3/c1-43(2,3)40(28-31-19-13-10-14-20-31)37-34-25-26-35(38-41(44(4,5)6)29-32-21-15-11-16-22-32)36(27-34)39-42(45(7,8)9)30-33-23-17-12-18-24-33/h10-24H,25-30H2,1-9H3/b37-34+,38-35-,39-36+. The monoisotopic (exact) mass is 654 g/mol. The van der Waals surface area contributed by atoms with Crippen LogP contribution in [0, 0.1) is 0 Å². The first-order chi connectivity index (χ1) is 21.2. The van der Waals surface area contributed by atoms with E-state index in [4.69, 9.17) is 15.3 Å². The number of hydrogen-bond acceptors (Lipinski definition) is 6. The van der Waals surface area contributed by atoms with Crippen molar-refractivity contribution in [3.63, 3.8) is 0 Å². The first-order valence-electron chi connectivity index (χ1n) is 16.3. The van der Waals surface area contributed by atoms with Crippen LogP contribution in [0.4, 0.5) is 0 Å². The molecule has 0 radical (unpaired) electrons. The van der Waals surface area contributed by atoms with Gasteiger partial charge in [-0.15, -0.1) is 0 Å². The number of hydrogen-bond donors (Lipinski definition) is 0. The highest BCUT2D eigenvalue weighted by molar-refractivity contribution is 6.74. The molecule has 3 aromatic rings. The van der Waals surface area contributed by atoms with Crippen LogP contribution in [-0.2, 0) is 19.6 Å². The average Bonchev–Trinajstić information content (AvgIpc) is 2.97. The second kappa shape index (κ2) is 14.9. The Hall–Kier alpha value is -3.28. The van der Waals surface area contributed by atoms with Crippen molar-refractivity contribution in [1.29, 1.82) is 0 Å². The molecule has 0 aliphatic heterocycles. The summed E-state index contributed by atoms with van der Waals surface area (Å²) in [5.74, 6) is 0. The van der Waals surface area contributed by atoms with E-state index < -0.39 is 24.7 Å². The summed E-state index contributed by atoms with van der Waals surface area (Å²) in [4.78, 5) is 0. The highest BCUT2D eigenvalue weighted by Gasteiger charge is 2.31. The molecule has 0 N–H and O–H groups in total. The minimum absolute atomic E-state index is 0.731. The van der Waals surface area contributed by atoms with Crippen LogP contribution >= 0.6 is 0 Å². The van der Waals surface area contributed by atoms with Crippen molar-refractivity contribution in [3.8, 4) is 0 Å². The molecule has 1 saturated carbocycles. The Kier molecular flexibility index (Phi) is 11.4. The van der Waals surface area contributed by atoms with Crippen LogP contribution in [0.5, 0.6) is 0 Å². The van der Waals surface area contributed by atoms with Gasteiger partial charge in [0.05, 0.1) is 31.1 Å². The quantitative estimate of drug-likeness (QED) is 0.144. The van der Waals surface area contributed by atoms with E-state index in [0.29, 0.717) is 0 Å². The molecule has 0 atom stereocenters. The Morgan fingerprint density at radius 2 is 0.778 bits per heavy atom. The van der Waals surface area contributed by atoms with Gasteiger partial charge in [-0.3, -0.25) is 0 Å². The topological polar surface area (TPSA) is 46.8 Å². The SMILES string of the molecule is C[Si](C)(C)N(Cc1ccccc1)/N=C1/CC/C(=N\N(Cc2ccccc2)[Si](C)(C)C)C/C1=N\N(Cc1ccccc1)[Si](C)(C)C. The van der Waals surface area contributed by atoms with Crippen molar-refractivity contribution in [3.05, 3.63) is 108 Å². The van der Waals surface area contributed by atoms with Crippen molar-refractivity contribution in [2.24, 2.45) is 15.3 Å². The van der Waals surface area contributed by atoms with Crippen LogP contribution in [0.2, 0.25) is 58.9 Å². The van der Waals surface area contributed by atoms with E-state index in [9.17, 15) is 0 Å². The van der Waals surface area contributed by atoms with Crippen molar-refractivity contribution in [2.75, 3.05) is 0 Å². The van der Waals surface area contributed by atoms with Gasteiger partial charge in [-0.25, -0.2) is 0 Å². The zero-order valence-corrected chi connectivity index (χ0v) is 32.1. The third-order valence-corrected chi connectivity index (χ3v) is 13.4. The molecule has 9 heteroatoms. The molecule has 0 bridgehead atoms. The third kappa shape index (κ3) is 10.6. The smallest absolute Gasteiger partial charge is 0.169 e. The summed E-state index contributed by atoms with van der Waals surface area (Å²) >= 11 is 0. The summed E-state index contributed by atoms with van der Waals surface area (Å²) in [6.45, 7) is 23.9. The number of hydrazone groups is 3. The van der Waals surface area contributed by atoms with Crippen molar-refractivity contribution >= 4 is 41.8 Å². The highest BCUT2D eigenvalue weighted by atomic mass is 28.3.